The first-order valence-corrected chi connectivity index (χ1v) is 25.3. The van der Waals surface area contributed by atoms with E-state index in [0.29, 0.717) is 0 Å². The van der Waals surface area contributed by atoms with Crippen molar-refractivity contribution >= 4 is 132 Å². The lowest BCUT2D eigenvalue weighted by Gasteiger charge is -2.46. The van der Waals surface area contributed by atoms with Crippen molar-refractivity contribution in [3.05, 3.63) is 187 Å². The van der Waals surface area contributed by atoms with E-state index in [1.807, 2.05) is 11.3 Å². The van der Waals surface area contributed by atoms with Gasteiger partial charge >= 0.3 is 0 Å². The zero-order valence-corrected chi connectivity index (χ0v) is 40.8. The summed E-state index contributed by atoms with van der Waals surface area (Å²) < 4.78 is 7.68. The van der Waals surface area contributed by atoms with Gasteiger partial charge in [0.25, 0.3) is 6.71 Å². The molecule has 0 fully saturated rings. The summed E-state index contributed by atoms with van der Waals surface area (Å²) in [4.78, 5) is 5.25. The summed E-state index contributed by atoms with van der Waals surface area (Å²) in [5.41, 5.74) is 22.8. The Morgan fingerprint density at radius 1 is 0.420 bits per heavy atom. The van der Waals surface area contributed by atoms with E-state index in [2.05, 4.69) is 237 Å². The van der Waals surface area contributed by atoms with Crippen LogP contribution in [0.25, 0.3) is 75.2 Å². The van der Waals surface area contributed by atoms with Crippen molar-refractivity contribution in [3.8, 4) is 11.4 Å². The monoisotopic (exact) mass is 904 g/mol. The predicted molar refractivity (Wildman–Crippen MR) is 298 cm³/mol. The van der Waals surface area contributed by atoms with Crippen molar-refractivity contribution in [2.24, 2.45) is 0 Å². The number of benzene rings is 9. The molecule has 6 heteroatoms. The lowest BCUT2D eigenvalue weighted by atomic mass is 9.33. The van der Waals surface area contributed by atoms with Crippen LogP contribution in [0.2, 0.25) is 0 Å². The van der Waals surface area contributed by atoms with E-state index in [0.717, 1.165) is 5.69 Å². The minimum Gasteiger partial charge on any atom is -0.310 e. The van der Waals surface area contributed by atoms with Crippen molar-refractivity contribution in [2.45, 2.75) is 59.3 Å². The molecule has 0 saturated carbocycles. The highest BCUT2D eigenvalue weighted by Gasteiger charge is 2.46. The van der Waals surface area contributed by atoms with Crippen LogP contribution < -0.4 is 26.2 Å². The van der Waals surface area contributed by atoms with Crippen LogP contribution in [0.4, 0.5) is 34.1 Å². The molecule has 0 spiro atoms. The van der Waals surface area contributed by atoms with Crippen LogP contribution in [-0.2, 0) is 10.8 Å². The molecule has 4 nitrogen and oxygen atoms in total. The van der Waals surface area contributed by atoms with Gasteiger partial charge in [-0.3, -0.25) is 0 Å². The zero-order valence-electron chi connectivity index (χ0n) is 39.9. The van der Waals surface area contributed by atoms with E-state index < -0.39 is 0 Å². The standard InChI is InChI=1S/C63H49BN4S/c1-36-31-55-58-56(32-36)68-51-21-12-17-42-40-15-8-10-20-48(40)67(59(42)51)52-22-14-19-47(60(52)68)64(58)46-28-27-39(35-54(46)66(55)53-23-13-18-43-41-16-9-11-24-57(41)69-61(43)53)65-49-29-25-37(62(2,3)4)33-44(49)45-34-38(63(5,6)7)26-30-50(45)65/h8-35H,1-7H3. The second-order valence-corrected chi connectivity index (χ2v) is 22.9. The Bertz CT molecular complexity index is 4190. The van der Waals surface area contributed by atoms with Crippen molar-refractivity contribution < 1.29 is 0 Å². The first-order valence-electron chi connectivity index (χ1n) is 24.5. The van der Waals surface area contributed by atoms with E-state index in [9.17, 15) is 0 Å². The number of nitrogens with zero attached hydrogens (tertiary/aromatic N) is 4. The molecule has 0 aliphatic carbocycles. The summed E-state index contributed by atoms with van der Waals surface area (Å²) >= 11 is 1.91. The maximum atomic E-state index is 2.64. The maximum absolute atomic E-state index is 2.64. The molecule has 330 valence electrons. The van der Waals surface area contributed by atoms with Gasteiger partial charge in [0.1, 0.15) is 0 Å². The van der Waals surface area contributed by atoms with E-state index in [1.165, 1.54) is 137 Å². The summed E-state index contributed by atoms with van der Waals surface area (Å²) in [6.45, 7) is 16.2. The summed E-state index contributed by atoms with van der Waals surface area (Å²) in [6, 6.07) is 65.4. The average Bonchev–Trinajstić information content (AvgIpc) is 4.01. The molecule has 12 aromatic rings. The molecule has 3 aliphatic heterocycles. The van der Waals surface area contributed by atoms with Crippen LogP contribution in [0.15, 0.2) is 170 Å². The lowest BCUT2D eigenvalue weighted by Crippen LogP contribution is -2.61. The largest absolute Gasteiger partial charge is 0.310 e. The number of fused-ring (bicyclic) bond motifs is 15. The molecule has 69 heavy (non-hydrogen) atoms. The molecule has 0 unspecified atom stereocenters. The van der Waals surface area contributed by atoms with Gasteiger partial charge < -0.3 is 18.9 Å². The van der Waals surface area contributed by atoms with Crippen LogP contribution in [0, 0.1) is 6.92 Å². The molecular weight excluding hydrogens is 856 g/mol. The molecule has 0 radical (unpaired) electrons. The second-order valence-electron chi connectivity index (χ2n) is 21.9. The van der Waals surface area contributed by atoms with Crippen molar-refractivity contribution in [3.63, 3.8) is 0 Å². The Morgan fingerprint density at radius 3 is 1.77 bits per heavy atom. The van der Waals surface area contributed by atoms with E-state index in [1.54, 1.807) is 0 Å². The van der Waals surface area contributed by atoms with Gasteiger partial charge in [0.05, 0.1) is 49.5 Å². The fourth-order valence-corrected chi connectivity index (χ4v) is 13.8. The molecule has 0 N–H and O–H groups in total. The van der Waals surface area contributed by atoms with Crippen LogP contribution >= 0.6 is 11.3 Å². The summed E-state index contributed by atoms with van der Waals surface area (Å²) in [5.74, 6) is 0. The Balaban J connectivity index is 1.06. The number of thiophene rings is 1. The van der Waals surface area contributed by atoms with Crippen LogP contribution in [0.1, 0.15) is 58.2 Å². The van der Waals surface area contributed by atoms with Gasteiger partial charge in [-0.25, -0.2) is 0 Å². The van der Waals surface area contributed by atoms with Gasteiger partial charge in [-0.2, -0.15) is 0 Å². The van der Waals surface area contributed by atoms with Crippen LogP contribution in [0.3, 0.4) is 0 Å². The van der Waals surface area contributed by atoms with Crippen LogP contribution in [0.5, 0.6) is 0 Å². The van der Waals surface area contributed by atoms with Gasteiger partial charge in [-0.1, -0.05) is 133 Å². The second kappa shape index (κ2) is 13.4. The first kappa shape index (κ1) is 39.5. The molecule has 0 atom stereocenters. The van der Waals surface area contributed by atoms with Crippen molar-refractivity contribution in [1.29, 1.82) is 0 Å². The quantitative estimate of drug-likeness (QED) is 0.161. The predicted octanol–water partition coefficient (Wildman–Crippen LogP) is 15.5. The highest BCUT2D eigenvalue weighted by molar-refractivity contribution is 7.26. The molecule has 15 rings (SSSR count). The topological polar surface area (TPSA) is 16.3 Å². The fraction of sp³-hybridized carbons (Fsp3) is 0.143. The summed E-state index contributed by atoms with van der Waals surface area (Å²) in [7, 11) is 0. The lowest BCUT2D eigenvalue weighted by molar-refractivity contribution is 0.590. The average molecular weight is 905 g/mol. The fourth-order valence-electron chi connectivity index (χ4n) is 12.6. The Labute approximate surface area is 406 Å². The summed E-state index contributed by atoms with van der Waals surface area (Å²) in [5, 5.41) is 7.78. The van der Waals surface area contributed by atoms with E-state index in [-0.39, 0.29) is 17.5 Å². The van der Waals surface area contributed by atoms with E-state index in [4.69, 9.17) is 0 Å². The third-order valence-electron chi connectivity index (χ3n) is 15.7. The Morgan fingerprint density at radius 2 is 1.03 bits per heavy atom. The zero-order chi connectivity index (χ0) is 46.4. The number of hydrogen-bond donors (Lipinski definition) is 0. The molecule has 0 bridgehead atoms. The number of hydrogen-bond acceptors (Lipinski definition) is 3. The minimum atomic E-state index is -0.00636. The number of aromatic nitrogens is 2. The van der Waals surface area contributed by atoms with E-state index >= 15 is 0 Å². The molecule has 3 aliphatic rings. The molecule has 0 saturated heterocycles. The highest BCUT2D eigenvalue weighted by atomic mass is 32.1. The van der Waals surface area contributed by atoms with Gasteiger partial charge in [0.15, 0.2) is 0 Å². The third kappa shape index (κ3) is 5.19. The van der Waals surface area contributed by atoms with Crippen molar-refractivity contribution in [1.82, 2.24) is 9.13 Å². The van der Waals surface area contributed by atoms with Crippen LogP contribution in [-0.4, -0.2) is 15.8 Å². The van der Waals surface area contributed by atoms with Gasteiger partial charge in [0, 0.05) is 59.8 Å². The third-order valence-corrected chi connectivity index (χ3v) is 16.9. The molecule has 0 amide bonds. The Kier molecular flexibility index (Phi) is 7.65. The normalized spacial score (nSPS) is 13.9. The molecule has 9 aromatic carbocycles. The summed E-state index contributed by atoms with van der Waals surface area (Å²) in [6.07, 6.45) is 0. The van der Waals surface area contributed by atoms with Gasteiger partial charge in [-0.05, 0) is 130 Å². The molecule has 3 aromatic heterocycles. The molecule has 6 heterocycles. The SMILES string of the molecule is Cc1cc2c3c(c1)N1c4c(cccc4-n4c5ccccc5c5cccc1c54)B3c1ccc(-n3c4ccc(C(C)(C)C)cc4c4cc(C(C)(C)C)ccc43)cc1N2c1cccc2c1sc1ccccc12. The molecular formula is C63H49BN4S. The smallest absolute Gasteiger partial charge is 0.252 e. The number of para-hydroxylation sites is 3. The Hall–Kier alpha value is -7.54. The van der Waals surface area contributed by atoms with Gasteiger partial charge in [-0.15, -0.1) is 11.3 Å². The minimum absolute atomic E-state index is 0.00636. The highest BCUT2D eigenvalue weighted by Crippen LogP contribution is 2.54. The number of aryl methyl sites for hydroxylation is 1. The van der Waals surface area contributed by atoms with Crippen molar-refractivity contribution in [2.75, 3.05) is 9.80 Å². The number of anilines is 6. The first-order chi connectivity index (χ1) is 33.4. The number of rotatable bonds is 2. The maximum Gasteiger partial charge on any atom is 0.252 e. The van der Waals surface area contributed by atoms with Gasteiger partial charge in [0.2, 0.25) is 0 Å².